The summed E-state index contributed by atoms with van der Waals surface area (Å²) in [5.74, 6) is 0. The number of piperidine rings is 1. The lowest BCUT2D eigenvalue weighted by Gasteiger charge is -2.37. The average Bonchev–Trinajstić information content (AvgIpc) is 2.49. The fourth-order valence-electron chi connectivity index (χ4n) is 3.04. The van der Waals surface area contributed by atoms with Crippen molar-refractivity contribution in [2.45, 2.75) is 25.1 Å². The molecule has 1 atom stereocenters. The maximum absolute atomic E-state index is 15.2. The highest BCUT2D eigenvalue weighted by Gasteiger charge is 2.36. The van der Waals surface area contributed by atoms with Gasteiger partial charge in [-0.25, -0.2) is 4.39 Å². The molecule has 0 amide bonds. The molecule has 1 aliphatic heterocycles. The summed E-state index contributed by atoms with van der Waals surface area (Å²) < 4.78 is 15.2. The van der Waals surface area contributed by atoms with Gasteiger partial charge < -0.3 is 0 Å². The molecule has 0 aliphatic carbocycles. The van der Waals surface area contributed by atoms with Crippen molar-refractivity contribution in [1.29, 1.82) is 0 Å². The van der Waals surface area contributed by atoms with Gasteiger partial charge in [0.25, 0.3) is 0 Å². The molecular formula is C18H20FN. The molecule has 1 fully saturated rings. The van der Waals surface area contributed by atoms with Gasteiger partial charge in [0.1, 0.15) is 5.67 Å². The Morgan fingerprint density at radius 3 is 2.30 bits per heavy atom. The molecule has 2 aromatic carbocycles. The first-order chi connectivity index (χ1) is 9.76. The molecule has 3 rings (SSSR count). The Morgan fingerprint density at radius 2 is 1.60 bits per heavy atom. The molecule has 1 nitrogen and oxygen atoms in total. The standard InChI is InChI=1S/C18H20FN/c19-18(17-10-5-2-6-11-17)12-7-13-20(15-18)14-16-8-3-1-4-9-16/h1-6,8-11H,7,12-15H2/t18-/m0/s1. The van der Waals surface area contributed by atoms with E-state index >= 15 is 4.39 Å². The molecule has 0 unspecified atom stereocenters. The van der Waals surface area contributed by atoms with Crippen molar-refractivity contribution < 1.29 is 4.39 Å². The van der Waals surface area contributed by atoms with Gasteiger partial charge in [-0.15, -0.1) is 0 Å². The van der Waals surface area contributed by atoms with Crippen LogP contribution < -0.4 is 0 Å². The van der Waals surface area contributed by atoms with Gasteiger partial charge in [0.05, 0.1) is 0 Å². The summed E-state index contributed by atoms with van der Waals surface area (Å²) in [7, 11) is 0. The first-order valence-electron chi connectivity index (χ1n) is 7.27. The van der Waals surface area contributed by atoms with Gasteiger partial charge in [0, 0.05) is 13.1 Å². The smallest absolute Gasteiger partial charge is 0.148 e. The molecule has 0 radical (unpaired) electrons. The van der Waals surface area contributed by atoms with Crippen LogP contribution in [0, 0.1) is 0 Å². The van der Waals surface area contributed by atoms with Crippen LogP contribution in [0.1, 0.15) is 24.0 Å². The number of nitrogens with zero attached hydrogens (tertiary/aromatic N) is 1. The van der Waals surface area contributed by atoms with Crippen molar-refractivity contribution in [3.63, 3.8) is 0 Å². The zero-order valence-electron chi connectivity index (χ0n) is 11.6. The third-order valence-electron chi connectivity index (χ3n) is 4.06. The SMILES string of the molecule is F[C@@]1(c2ccccc2)CCCN(Cc2ccccc2)C1. The van der Waals surface area contributed by atoms with Gasteiger partial charge in [-0.1, -0.05) is 60.7 Å². The van der Waals surface area contributed by atoms with Gasteiger partial charge in [-0.3, -0.25) is 4.90 Å². The summed E-state index contributed by atoms with van der Waals surface area (Å²) in [5.41, 5.74) is 0.872. The second-order valence-electron chi connectivity index (χ2n) is 5.63. The predicted molar refractivity (Wildman–Crippen MR) is 80.2 cm³/mol. The molecule has 2 heteroatoms. The van der Waals surface area contributed by atoms with Crippen molar-refractivity contribution in [2.75, 3.05) is 13.1 Å². The van der Waals surface area contributed by atoms with E-state index in [4.69, 9.17) is 0 Å². The monoisotopic (exact) mass is 269 g/mol. The van der Waals surface area contributed by atoms with E-state index in [0.29, 0.717) is 13.0 Å². The molecule has 20 heavy (non-hydrogen) atoms. The zero-order chi connectivity index (χ0) is 13.8. The fraction of sp³-hybridized carbons (Fsp3) is 0.333. The number of hydrogen-bond acceptors (Lipinski definition) is 1. The lowest BCUT2D eigenvalue weighted by atomic mass is 9.87. The van der Waals surface area contributed by atoms with Crippen LogP contribution >= 0.6 is 0 Å². The van der Waals surface area contributed by atoms with Crippen LogP contribution in [0.2, 0.25) is 0 Å². The van der Waals surface area contributed by atoms with Gasteiger partial charge >= 0.3 is 0 Å². The van der Waals surface area contributed by atoms with Gasteiger partial charge in [-0.05, 0) is 30.5 Å². The minimum absolute atomic E-state index is 0.492. The number of hydrogen-bond donors (Lipinski definition) is 0. The summed E-state index contributed by atoms with van der Waals surface area (Å²) in [4.78, 5) is 2.23. The van der Waals surface area contributed by atoms with Crippen molar-refractivity contribution >= 4 is 0 Å². The van der Waals surface area contributed by atoms with Crippen LogP contribution in [0.5, 0.6) is 0 Å². The molecule has 0 saturated carbocycles. The first kappa shape index (κ1) is 13.3. The van der Waals surface area contributed by atoms with E-state index in [1.807, 2.05) is 48.5 Å². The molecule has 104 valence electrons. The Bertz CT molecular complexity index is 540. The minimum Gasteiger partial charge on any atom is -0.296 e. The average molecular weight is 269 g/mol. The molecule has 2 aromatic rings. The highest BCUT2D eigenvalue weighted by molar-refractivity contribution is 5.24. The van der Waals surface area contributed by atoms with Crippen LogP contribution in [-0.2, 0) is 12.2 Å². The largest absolute Gasteiger partial charge is 0.296 e. The van der Waals surface area contributed by atoms with Crippen molar-refractivity contribution in [3.05, 3.63) is 71.8 Å². The lowest BCUT2D eigenvalue weighted by molar-refractivity contribution is 0.0384. The predicted octanol–water partition coefficient (Wildman–Crippen LogP) is 4.15. The Balaban J connectivity index is 1.73. The van der Waals surface area contributed by atoms with Crippen LogP contribution in [0.3, 0.4) is 0 Å². The summed E-state index contributed by atoms with van der Waals surface area (Å²) in [5, 5.41) is 0. The van der Waals surface area contributed by atoms with Crippen molar-refractivity contribution in [2.24, 2.45) is 0 Å². The van der Waals surface area contributed by atoms with E-state index in [9.17, 15) is 0 Å². The van der Waals surface area contributed by atoms with E-state index in [0.717, 1.165) is 25.1 Å². The van der Waals surface area contributed by atoms with Gasteiger partial charge in [0.15, 0.2) is 0 Å². The van der Waals surface area contributed by atoms with Gasteiger partial charge in [0.2, 0.25) is 0 Å². The molecule has 0 aromatic heterocycles. The normalized spacial score (nSPS) is 23.6. The quantitative estimate of drug-likeness (QED) is 0.809. The highest BCUT2D eigenvalue weighted by atomic mass is 19.1. The topological polar surface area (TPSA) is 3.24 Å². The molecular weight excluding hydrogens is 249 g/mol. The third kappa shape index (κ3) is 2.91. The fourth-order valence-corrected chi connectivity index (χ4v) is 3.04. The maximum atomic E-state index is 15.2. The van der Waals surface area contributed by atoms with E-state index in [1.54, 1.807) is 0 Å². The van der Waals surface area contributed by atoms with Crippen LogP contribution in [0.25, 0.3) is 0 Å². The number of halogens is 1. The van der Waals surface area contributed by atoms with E-state index in [-0.39, 0.29) is 0 Å². The minimum atomic E-state index is -1.20. The third-order valence-corrected chi connectivity index (χ3v) is 4.06. The summed E-state index contributed by atoms with van der Waals surface area (Å²) in [6, 6.07) is 19.9. The van der Waals surface area contributed by atoms with Crippen molar-refractivity contribution in [3.8, 4) is 0 Å². The van der Waals surface area contributed by atoms with Crippen molar-refractivity contribution in [1.82, 2.24) is 4.90 Å². The van der Waals surface area contributed by atoms with Crippen LogP contribution in [0.15, 0.2) is 60.7 Å². The molecule has 0 spiro atoms. The number of alkyl halides is 1. The molecule has 0 N–H and O–H groups in total. The summed E-state index contributed by atoms with van der Waals surface area (Å²) in [6.07, 6.45) is 1.54. The maximum Gasteiger partial charge on any atom is 0.148 e. The summed E-state index contributed by atoms with van der Waals surface area (Å²) in [6.45, 7) is 2.30. The highest BCUT2D eigenvalue weighted by Crippen LogP contribution is 2.35. The Labute approximate surface area is 120 Å². The van der Waals surface area contributed by atoms with E-state index in [2.05, 4.69) is 17.0 Å². The van der Waals surface area contributed by atoms with Gasteiger partial charge in [-0.2, -0.15) is 0 Å². The number of benzene rings is 2. The zero-order valence-corrected chi connectivity index (χ0v) is 11.6. The Morgan fingerprint density at radius 1 is 0.950 bits per heavy atom. The Kier molecular flexibility index (Phi) is 3.83. The molecule has 1 aliphatic rings. The number of rotatable bonds is 3. The first-order valence-corrected chi connectivity index (χ1v) is 7.27. The van der Waals surface area contributed by atoms with E-state index in [1.165, 1.54) is 5.56 Å². The molecule has 0 bridgehead atoms. The Hall–Kier alpha value is -1.67. The molecule has 1 saturated heterocycles. The summed E-state index contributed by atoms with van der Waals surface area (Å²) >= 11 is 0. The van der Waals surface area contributed by atoms with Crippen LogP contribution in [-0.4, -0.2) is 18.0 Å². The molecule has 1 heterocycles. The lowest BCUT2D eigenvalue weighted by Crippen LogP contribution is -2.43. The number of likely N-dealkylation sites (tertiary alicyclic amines) is 1. The second-order valence-corrected chi connectivity index (χ2v) is 5.63. The van der Waals surface area contributed by atoms with E-state index < -0.39 is 5.67 Å². The second kappa shape index (κ2) is 5.76. The van der Waals surface area contributed by atoms with Crippen LogP contribution in [0.4, 0.5) is 4.39 Å².